The van der Waals surface area contributed by atoms with Gasteiger partial charge in [0.15, 0.2) is 0 Å². The molecule has 5 nitrogen and oxygen atoms in total. The number of hydrogen-bond acceptors (Lipinski definition) is 3. The van der Waals surface area contributed by atoms with E-state index >= 15 is 0 Å². The number of benzene rings is 1. The molecule has 19 heavy (non-hydrogen) atoms. The topological polar surface area (TPSA) is 61.7 Å². The van der Waals surface area contributed by atoms with Crippen LogP contribution in [0.4, 0.5) is 0 Å². The van der Waals surface area contributed by atoms with Gasteiger partial charge in [-0.3, -0.25) is 4.68 Å². The highest BCUT2D eigenvalue weighted by molar-refractivity contribution is 7.80. The number of fused-ring (bicyclic) bond motifs is 1. The van der Waals surface area contributed by atoms with Crippen molar-refractivity contribution in [1.29, 1.82) is 0 Å². The highest BCUT2D eigenvalue weighted by Gasteiger charge is 2.06. The van der Waals surface area contributed by atoms with Crippen LogP contribution in [0, 0.1) is 0 Å². The van der Waals surface area contributed by atoms with E-state index in [4.69, 9.17) is 18.0 Å². The molecule has 0 aliphatic rings. The third-order valence-electron chi connectivity index (χ3n) is 3.04. The molecule has 6 heteroatoms. The van der Waals surface area contributed by atoms with Gasteiger partial charge < -0.3 is 10.3 Å². The standard InChI is InChI=1S/C13H13N5S/c1-17-7-11(15-16-17)8-18-5-4-9-2-3-10(13(14)19)6-12(9)18/h2-7H,8H2,1H3,(H2,14,19). The highest BCUT2D eigenvalue weighted by Crippen LogP contribution is 2.18. The van der Waals surface area contributed by atoms with E-state index in [0.29, 0.717) is 11.5 Å². The van der Waals surface area contributed by atoms with Gasteiger partial charge >= 0.3 is 0 Å². The van der Waals surface area contributed by atoms with Crippen LogP contribution in [0.1, 0.15) is 11.3 Å². The van der Waals surface area contributed by atoms with Crippen molar-refractivity contribution in [1.82, 2.24) is 19.6 Å². The van der Waals surface area contributed by atoms with Crippen molar-refractivity contribution in [2.45, 2.75) is 6.54 Å². The van der Waals surface area contributed by atoms with Crippen LogP contribution in [0.25, 0.3) is 10.9 Å². The number of rotatable bonds is 3. The molecule has 3 aromatic rings. The molecule has 0 spiro atoms. The lowest BCUT2D eigenvalue weighted by atomic mass is 10.1. The molecule has 96 valence electrons. The minimum Gasteiger partial charge on any atom is -0.389 e. The average molecular weight is 271 g/mol. The van der Waals surface area contributed by atoms with E-state index in [1.807, 2.05) is 37.6 Å². The minimum atomic E-state index is 0.411. The molecule has 0 fully saturated rings. The number of nitrogens with two attached hydrogens (primary N) is 1. The van der Waals surface area contributed by atoms with Gasteiger partial charge in [-0.2, -0.15) is 0 Å². The maximum atomic E-state index is 5.68. The fourth-order valence-corrected chi connectivity index (χ4v) is 2.24. The van der Waals surface area contributed by atoms with Crippen LogP contribution in [-0.4, -0.2) is 24.5 Å². The van der Waals surface area contributed by atoms with E-state index in [9.17, 15) is 0 Å². The van der Waals surface area contributed by atoms with Gasteiger partial charge in [0.2, 0.25) is 0 Å². The van der Waals surface area contributed by atoms with E-state index in [1.54, 1.807) is 4.68 Å². The van der Waals surface area contributed by atoms with Crippen molar-refractivity contribution >= 4 is 28.1 Å². The Balaban J connectivity index is 2.03. The third kappa shape index (κ3) is 2.22. The van der Waals surface area contributed by atoms with Crippen LogP contribution in [0.2, 0.25) is 0 Å². The predicted molar refractivity (Wildman–Crippen MR) is 77.9 cm³/mol. The molecule has 2 aromatic heterocycles. The fraction of sp³-hybridized carbons (Fsp3) is 0.154. The maximum Gasteiger partial charge on any atom is 0.104 e. The van der Waals surface area contributed by atoms with E-state index in [0.717, 1.165) is 22.2 Å². The van der Waals surface area contributed by atoms with Crippen LogP contribution < -0.4 is 5.73 Å². The molecule has 0 saturated carbocycles. The molecule has 0 saturated heterocycles. The monoisotopic (exact) mass is 271 g/mol. The van der Waals surface area contributed by atoms with Crippen molar-refractivity contribution in [3.8, 4) is 0 Å². The van der Waals surface area contributed by atoms with Gasteiger partial charge in [-0.05, 0) is 17.5 Å². The normalized spacial score (nSPS) is 11.0. The number of nitrogens with zero attached hydrogens (tertiary/aromatic N) is 4. The van der Waals surface area contributed by atoms with Gasteiger partial charge in [0, 0.05) is 30.5 Å². The van der Waals surface area contributed by atoms with Crippen LogP contribution in [0.3, 0.4) is 0 Å². The van der Waals surface area contributed by atoms with E-state index in [2.05, 4.69) is 20.9 Å². The van der Waals surface area contributed by atoms with E-state index in [1.165, 1.54) is 0 Å². The lowest BCUT2D eigenvalue weighted by molar-refractivity contribution is 0.711. The van der Waals surface area contributed by atoms with Crippen molar-refractivity contribution < 1.29 is 0 Å². The Kier molecular flexibility index (Phi) is 2.79. The predicted octanol–water partition coefficient (Wildman–Crippen LogP) is 1.45. The molecule has 0 atom stereocenters. The zero-order chi connectivity index (χ0) is 13.4. The second-order valence-electron chi connectivity index (χ2n) is 4.47. The molecule has 2 heterocycles. The number of aromatic nitrogens is 4. The lowest BCUT2D eigenvalue weighted by Gasteiger charge is -2.04. The molecule has 3 rings (SSSR count). The van der Waals surface area contributed by atoms with Gasteiger partial charge in [-0.25, -0.2) is 0 Å². The summed E-state index contributed by atoms with van der Waals surface area (Å²) in [5, 5.41) is 9.19. The Hall–Kier alpha value is -2.21. The summed E-state index contributed by atoms with van der Waals surface area (Å²) >= 11 is 5.02. The summed E-state index contributed by atoms with van der Waals surface area (Å²) in [5.41, 5.74) is 8.56. The Morgan fingerprint density at radius 2 is 2.21 bits per heavy atom. The largest absolute Gasteiger partial charge is 0.389 e. The Morgan fingerprint density at radius 3 is 2.89 bits per heavy atom. The first-order chi connectivity index (χ1) is 9.13. The van der Waals surface area contributed by atoms with Gasteiger partial charge in [0.25, 0.3) is 0 Å². The lowest BCUT2D eigenvalue weighted by Crippen LogP contribution is -2.09. The van der Waals surface area contributed by atoms with Crippen molar-refractivity contribution in [2.24, 2.45) is 12.8 Å². The zero-order valence-electron chi connectivity index (χ0n) is 10.4. The first-order valence-electron chi connectivity index (χ1n) is 5.87. The Bertz CT molecular complexity index is 755. The first-order valence-corrected chi connectivity index (χ1v) is 6.28. The molecule has 0 aliphatic heterocycles. The van der Waals surface area contributed by atoms with Gasteiger partial charge in [0.05, 0.1) is 6.54 Å². The quantitative estimate of drug-likeness (QED) is 0.732. The second-order valence-corrected chi connectivity index (χ2v) is 4.90. The summed E-state index contributed by atoms with van der Waals surface area (Å²) in [4.78, 5) is 0.411. The Labute approximate surface area is 115 Å². The fourth-order valence-electron chi connectivity index (χ4n) is 2.12. The van der Waals surface area contributed by atoms with Crippen LogP contribution in [0.15, 0.2) is 36.7 Å². The van der Waals surface area contributed by atoms with Gasteiger partial charge in [-0.1, -0.05) is 29.6 Å². The Morgan fingerprint density at radius 1 is 1.37 bits per heavy atom. The molecule has 0 radical (unpaired) electrons. The number of thiocarbonyl (C=S) groups is 1. The summed E-state index contributed by atoms with van der Waals surface area (Å²) in [7, 11) is 1.86. The molecule has 0 aliphatic carbocycles. The third-order valence-corrected chi connectivity index (χ3v) is 3.28. The second kappa shape index (κ2) is 4.47. The molecular weight excluding hydrogens is 258 g/mol. The van der Waals surface area contributed by atoms with Gasteiger partial charge in [-0.15, -0.1) is 5.10 Å². The van der Waals surface area contributed by atoms with E-state index in [-0.39, 0.29) is 0 Å². The van der Waals surface area contributed by atoms with Crippen molar-refractivity contribution in [2.75, 3.05) is 0 Å². The van der Waals surface area contributed by atoms with Crippen LogP contribution in [0.5, 0.6) is 0 Å². The summed E-state index contributed by atoms with van der Waals surface area (Å²) < 4.78 is 3.81. The summed E-state index contributed by atoms with van der Waals surface area (Å²) in [5.74, 6) is 0. The summed E-state index contributed by atoms with van der Waals surface area (Å²) in [6, 6.07) is 8.04. The maximum absolute atomic E-state index is 5.68. The van der Waals surface area contributed by atoms with E-state index < -0.39 is 0 Å². The molecule has 0 unspecified atom stereocenters. The average Bonchev–Trinajstić information content (AvgIpc) is 2.96. The summed E-state index contributed by atoms with van der Waals surface area (Å²) in [6.45, 7) is 0.679. The number of aryl methyl sites for hydroxylation is 1. The molecule has 2 N–H and O–H groups in total. The smallest absolute Gasteiger partial charge is 0.104 e. The van der Waals surface area contributed by atoms with Crippen molar-refractivity contribution in [3.05, 3.63) is 47.9 Å². The first kappa shape index (κ1) is 11.9. The summed E-state index contributed by atoms with van der Waals surface area (Å²) in [6.07, 6.45) is 3.94. The van der Waals surface area contributed by atoms with Crippen LogP contribution in [-0.2, 0) is 13.6 Å². The van der Waals surface area contributed by atoms with Crippen LogP contribution >= 0.6 is 12.2 Å². The SMILES string of the molecule is Cn1cc(Cn2ccc3ccc(C(N)=S)cc32)nn1. The van der Waals surface area contributed by atoms with Gasteiger partial charge in [0.1, 0.15) is 10.7 Å². The number of hydrogen-bond donors (Lipinski definition) is 1. The molecule has 0 amide bonds. The molecular formula is C13H13N5S. The van der Waals surface area contributed by atoms with Crippen molar-refractivity contribution in [3.63, 3.8) is 0 Å². The zero-order valence-corrected chi connectivity index (χ0v) is 11.3. The molecule has 0 bridgehead atoms. The molecule has 1 aromatic carbocycles. The minimum absolute atomic E-state index is 0.411. The highest BCUT2D eigenvalue weighted by atomic mass is 32.1.